The molecule has 2 fully saturated rings. The topological polar surface area (TPSA) is 52.3 Å². The van der Waals surface area contributed by atoms with E-state index in [1.165, 1.54) is 19.3 Å². The number of halogens is 1. The molecule has 0 aliphatic heterocycles. The lowest BCUT2D eigenvalue weighted by Gasteiger charge is -2.37. The Morgan fingerprint density at radius 2 is 1.73 bits per heavy atom. The van der Waals surface area contributed by atoms with E-state index in [0.717, 1.165) is 32.1 Å². The average molecular weight is 234 g/mol. The molecule has 0 unspecified atom stereocenters. The summed E-state index contributed by atoms with van der Waals surface area (Å²) in [7, 11) is 0. The van der Waals surface area contributed by atoms with Gasteiger partial charge in [-0.05, 0) is 44.9 Å². The zero-order valence-corrected chi connectivity index (χ0v) is 9.85. The number of nitrogens with two attached hydrogens (primary N) is 1. The second kappa shape index (κ2) is 5.17. The van der Waals surface area contributed by atoms with E-state index in [9.17, 15) is 4.79 Å². The standard InChI is InChI=1S/C11H19NO2.ClH/c12-11(7-4-8-11)10(13)14-9-5-2-1-3-6-9;/h9H,1-8,12H2;1H. The van der Waals surface area contributed by atoms with E-state index in [1.807, 2.05) is 0 Å². The number of carbonyl (C=O) groups is 1. The first-order valence-electron chi connectivity index (χ1n) is 5.71. The third kappa shape index (κ3) is 2.85. The van der Waals surface area contributed by atoms with Gasteiger partial charge in [0.25, 0.3) is 0 Å². The lowest BCUT2D eigenvalue weighted by atomic mass is 9.78. The monoisotopic (exact) mass is 233 g/mol. The molecule has 2 aliphatic carbocycles. The van der Waals surface area contributed by atoms with Crippen molar-refractivity contribution in [2.75, 3.05) is 0 Å². The molecule has 0 saturated heterocycles. The van der Waals surface area contributed by atoms with E-state index in [2.05, 4.69) is 0 Å². The summed E-state index contributed by atoms with van der Waals surface area (Å²) in [6.07, 6.45) is 8.54. The molecular formula is C11H20ClNO2. The summed E-state index contributed by atoms with van der Waals surface area (Å²) in [5, 5.41) is 0. The van der Waals surface area contributed by atoms with Gasteiger partial charge in [0.05, 0.1) is 0 Å². The SMILES string of the molecule is Cl.NC1(C(=O)OC2CCCCC2)CCC1. The Labute approximate surface area is 97.1 Å². The molecule has 2 rings (SSSR count). The van der Waals surface area contributed by atoms with E-state index in [1.54, 1.807) is 0 Å². The maximum Gasteiger partial charge on any atom is 0.326 e. The van der Waals surface area contributed by atoms with Crippen LogP contribution in [0.2, 0.25) is 0 Å². The van der Waals surface area contributed by atoms with Crippen molar-refractivity contribution in [3.05, 3.63) is 0 Å². The van der Waals surface area contributed by atoms with Crippen LogP contribution in [0, 0.1) is 0 Å². The summed E-state index contributed by atoms with van der Waals surface area (Å²) >= 11 is 0. The van der Waals surface area contributed by atoms with Crippen LogP contribution in [-0.4, -0.2) is 17.6 Å². The largest absolute Gasteiger partial charge is 0.461 e. The van der Waals surface area contributed by atoms with Crippen LogP contribution in [0.5, 0.6) is 0 Å². The van der Waals surface area contributed by atoms with Crippen molar-refractivity contribution in [1.29, 1.82) is 0 Å². The molecule has 15 heavy (non-hydrogen) atoms. The van der Waals surface area contributed by atoms with Gasteiger partial charge in [0, 0.05) is 0 Å². The van der Waals surface area contributed by atoms with Gasteiger partial charge < -0.3 is 10.5 Å². The number of carbonyl (C=O) groups excluding carboxylic acids is 1. The Hall–Kier alpha value is -0.280. The molecule has 0 amide bonds. The summed E-state index contributed by atoms with van der Waals surface area (Å²) in [6.45, 7) is 0. The molecule has 2 aliphatic rings. The molecule has 0 atom stereocenters. The quantitative estimate of drug-likeness (QED) is 0.744. The third-order valence-corrected chi connectivity index (χ3v) is 3.48. The predicted octanol–water partition coefficient (Wildman–Crippen LogP) is 2.17. The van der Waals surface area contributed by atoms with Gasteiger partial charge in [-0.1, -0.05) is 6.42 Å². The van der Waals surface area contributed by atoms with Gasteiger partial charge in [0.15, 0.2) is 0 Å². The van der Waals surface area contributed by atoms with Crippen LogP contribution in [0.15, 0.2) is 0 Å². The van der Waals surface area contributed by atoms with Crippen molar-refractivity contribution in [2.24, 2.45) is 5.73 Å². The van der Waals surface area contributed by atoms with Crippen LogP contribution in [-0.2, 0) is 9.53 Å². The average Bonchev–Trinajstić information content (AvgIpc) is 2.15. The molecule has 0 heterocycles. The maximum atomic E-state index is 11.7. The Kier molecular flexibility index (Phi) is 4.41. The van der Waals surface area contributed by atoms with Gasteiger partial charge in [-0.3, -0.25) is 4.79 Å². The first-order valence-corrected chi connectivity index (χ1v) is 5.71. The van der Waals surface area contributed by atoms with Crippen LogP contribution < -0.4 is 5.73 Å². The van der Waals surface area contributed by atoms with E-state index >= 15 is 0 Å². The molecule has 2 N–H and O–H groups in total. The molecule has 0 aromatic rings. The molecule has 88 valence electrons. The summed E-state index contributed by atoms with van der Waals surface area (Å²) in [6, 6.07) is 0. The Bertz CT molecular complexity index is 223. The van der Waals surface area contributed by atoms with Crippen molar-refractivity contribution < 1.29 is 9.53 Å². The summed E-state index contributed by atoms with van der Waals surface area (Å²) in [5.41, 5.74) is 5.26. The first-order chi connectivity index (χ1) is 6.71. The van der Waals surface area contributed by atoms with E-state index in [4.69, 9.17) is 10.5 Å². The lowest BCUT2D eigenvalue weighted by Crippen LogP contribution is -2.55. The molecule has 4 heteroatoms. The van der Waals surface area contributed by atoms with Gasteiger partial charge in [-0.25, -0.2) is 0 Å². The molecule has 0 aromatic carbocycles. The highest BCUT2D eigenvalue weighted by atomic mass is 35.5. The van der Waals surface area contributed by atoms with E-state index in [-0.39, 0.29) is 24.5 Å². The Morgan fingerprint density at radius 3 is 2.20 bits per heavy atom. The molecule has 3 nitrogen and oxygen atoms in total. The van der Waals surface area contributed by atoms with Crippen LogP contribution in [0.3, 0.4) is 0 Å². The summed E-state index contributed by atoms with van der Waals surface area (Å²) < 4.78 is 5.43. The Balaban J connectivity index is 0.00000112. The minimum Gasteiger partial charge on any atom is -0.461 e. The van der Waals surface area contributed by atoms with Crippen LogP contribution in [0.4, 0.5) is 0 Å². The van der Waals surface area contributed by atoms with Gasteiger partial charge in [0.1, 0.15) is 11.6 Å². The molecule has 0 bridgehead atoms. The predicted molar refractivity (Wildman–Crippen MR) is 61.0 cm³/mol. The van der Waals surface area contributed by atoms with Crippen LogP contribution in [0.1, 0.15) is 51.4 Å². The zero-order valence-electron chi connectivity index (χ0n) is 9.04. The van der Waals surface area contributed by atoms with E-state index in [0.29, 0.717) is 0 Å². The number of esters is 1. The van der Waals surface area contributed by atoms with Crippen LogP contribution >= 0.6 is 12.4 Å². The van der Waals surface area contributed by atoms with Gasteiger partial charge in [0.2, 0.25) is 0 Å². The first kappa shape index (κ1) is 12.8. The van der Waals surface area contributed by atoms with Crippen molar-refractivity contribution >= 4 is 18.4 Å². The summed E-state index contributed by atoms with van der Waals surface area (Å²) in [5.74, 6) is -0.157. The smallest absolute Gasteiger partial charge is 0.326 e. The fourth-order valence-electron chi connectivity index (χ4n) is 2.21. The van der Waals surface area contributed by atoms with Crippen molar-refractivity contribution in [3.8, 4) is 0 Å². The summed E-state index contributed by atoms with van der Waals surface area (Å²) in [4.78, 5) is 11.7. The van der Waals surface area contributed by atoms with Crippen LogP contribution in [0.25, 0.3) is 0 Å². The van der Waals surface area contributed by atoms with Gasteiger partial charge in [-0.15, -0.1) is 12.4 Å². The fraction of sp³-hybridized carbons (Fsp3) is 0.909. The van der Waals surface area contributed by atoms with Crippen molar-refractivity contribution in [3.63, 3.8) is 0 Å². The van der Waals surface area contributed by atoms with Crippen molar-refractivity contribution in [2.45, 2.75) is 63.0 Å². The number of hydrogen-bond acceptors (Lipinski definition) is 3. The highest BCUT2D eigenvalue weighted by Gasteiger charge is 2.42. The normalized spacial score (nSPS) is 24.9. The van der Waals surface area contributed by atoms with E-state index < -0.39 is 5.54 Å². The second-order valence-corrected chi connectivity index (χ2v) is 4.68. The van der Waals surface area contributed by atoms with Crippen molar-refractivity contribution in [1.82, 2.24) is 0 Å². The molecule has 0 spiro atoms. The molecular weight excluding hydrogens is 214 g/mol. The lowest BCUT2D eigenvalue weighted by molar-refractivity contribution is -0.160. The highest BCUT2D eigenvalue weighted by molar-refractivity contribution is 5.85. The highest BCUT2D eigenvalue weighted by Crippen LogP contribution is 2.31. The minimum atomic E-state index is -0.628. The second-order valence-electron chi connectivity index (χ2n) is 4.68. The van der Waals surface area contributed by atoms with Gasteiger partial charge in [-0.2, -0.15) is 0 Å². The number of ether oxygens (including phenoxy) is 1. The Morgan fingerprint density at radius 1 is 1.13 bits per heavy atom. The zero-order chi connectivity index (χ0) is 10.0. The number of rotatable bonds is 2. The van der Waals surface area contributed by atoms with Gasteiger partial charge >= 0.3 is 5.97 Å². The number of hydrogen-bond donors (Lipinski definition) is 1. The fourth-order valence-corrected chi connectivity index (χ4v) is 2.21. The molecule has 2 saturated carbocycles. The minimum absolute atomic E-state index is 0. The maximum absolute atomic E-state index is 11.7. The third-order valence-electron chi connectivity index (χ3n) is 3.48. The molecule has 0 aromatic heterocycles. The molecule has 0 radical (unpaired) electrons.